The average molecular weight is 249 g/mol. The molecule has 0 atom stereocenters. The number of rotatable bonds is 3. The van der Waals surface area contributed by atoms with Crippen molar-refractivity contribution in [3.8, 4) is 11.6 Å². The van der Waals surface area contributed by atoms with E-state index < -0.39 is 0 Å². The van der Waals surface area contributed by atoms with Crippen molar-refractivity contribution in [2.75, 3.05) is 0 Å². The first-order valence-corrected chi connectivity index (χ1v) is 5.67. The van der Waals surface area contributed by atoms with Gasteiger partial charge in [0.2, 0.25) is 5.88 Å². The first-order valence-electron chi connectivity index (χ1n) is 5.29. The summed E-state index contributed by atoms with van der Waals surface area (Å²) in [4.78, 5) is 4.32. The van der Waals surface area contributed by atoms with Gasteiger partial charge in [-0.25, -0.2) is 4.98 Å². The van der Waals surface area contributed by atoms with Gasteiger partial charge in [-0.1, -0.05) is 23.7 Å². The number of ether oxygens (including phenoxy) is 1. The Hall–Kier alpha value is -1.58. The normalized spacial score (nSPS) is 10.3. The van der Waals surface area contributed by atoms with Gasteiger partial charge in [-0.05, 0) is 31.2 Å². The summed E-state index contributed by atoms with van der Waals surface area (Å²) in [5.41, 5.74) is 7.40. The summed E-state index contributed by atoms with van der Waals surface area (Å²) in [5, 5.41) is 0.629. The largest absolute Gasteiger partial charge is 0.439 e. The SMILES string of the molecule is Cc1ccc(CN)c(Oc2cccc(Cl)c2)n1. The first-order chi connectivity index (χ1) is 8.19. The van der Waals surface area contributed by atoms with Crippen LogP contribution in [0.1, 0.15) is 11.3 Å². The zero-order valence-corrected chi connectivity index (χ0v) is 10.2. The van der Waals surface area contributed by atoms with E-state index in [0.29, 0.717) is 23.2 Å². The molecule has 0 aliphatic heterocycles. The Kier molecular flexibility index (Phi) is 3.61. The summed E-state index contributed by atoms with van der Waals surface area (Å²) in [6.45, 7) is 2.30. The van der Waals surface area contributed by atoms with Crippen molar-refractivity contribution in [3.05, 3.63) is 52.7 Å². The van der Waals surface area contributed by atoms with Gasteiger partial charge < -0.3 is 10.5 Å². The molecule has 0 fully saturated rings. The number of nitrogens with zero attached hydrogens (tertiary/aromatic N) is 1. The highest BCUT2D eigenvalue weighted by Gasteiger charge is 2.06. The topological polar surface area (TPSA) is 48.1 Å². The molecule has 0 amide bonds. The van der Waals surface area contributed by atoms with Crippen LogP contribution in [-0.4, -0.2) is 4.98 Å². The third kappa shape index (κ3) is 2.96. The molecule has 0 spiro atoms. The molecule has 1 heterocycles. The van der Waals surface area contributed by atoms with E-state index in [1.54, 1.807) is 12.1 Å². The van der Waals surface area contributed by atoms with Crippen molar-refractivity contribution in [2.24, 2.45) is 5.73 Å². The Bertz CT molecular complexity index is 529. The van der Waals surface area contributed by atoms with Gasteiger partial charge in [-0.2, -0.15) is 0 Å². The smallest absolute Gasteiger partial charge is 0.223 e. The molecule has 0 aliphatic rings. The number of hydrogen-bond acceptors (Lipinski definition) is 3. The van der Waals surface area contributed by atoms with E-state index in [9.17, 15) is 0 Å². The molecule has 0 unspecified atom stereocenters. The van der Waals surface area contributed by atoms with E-state index in [2.05, 4.69) is 4.98 Å². The molecule has 17 heavy (non-hydrogen) atoms. The van der Waals surface area contributed by atoms with Crippen LogP contribution in [0.4, 0.5) is 0 Å². The summed E-state index contributed by atoms with van der Waals surface area (Å²) in [5.74, 6) is 1.19. The van der Waals surface area contributed by atoms with Gasteiger partial charge in [0, 0.05) is 22.8 Å². The van der Waals surface area contributed by atoms with Gasteiger partial charge in [0.1, 0.15) is 5.75 Å². The second-order valence-electron chi connectivity index (χ2n) is 3.68. The lowest BCUT2D eigenvalue weighted by molar-refractivity contribution is 0.455. The van der Waals surface area contributed by atoms with Crippen molar-refractivity contribution in [2.45, 2.75) is 13.5 Å². The molecule has 0 saturated heterocycles. The molecule has 2 rings (SSSR count). The zero-order chi connectivity index (χ0) is 12.3. The van der Waals surface area contributed by atoms with Crippen LogP contribution < -0.4 is 10.5 Å². The Morgan fingerprint density at radius 3 is 2.82 bits per heavy atom. The molecule has 0 bridgehead atoms. The van der Waals surface area contributed by atoms with Crippen LogP contribution in [-0.2, 0) is 6.54 Å². The van der Waals surface area contributed by atoms with E-state index in [-0.39, 0.29) is 0 Å². The first kappa shape index (κ1) is 11.9. The number of hydrogen-bond donors (Lipinski definition) is 1. The predicted molar refractivity (Wildman–Crippen MR) is 68.4 cm³/mol. The molecule has 2 N–H and O–H groups in total. The Balaban J connectivity index is 2.32. The van der Waals surface area contributed by atoms with Crippen LogP contribution >= 0.6 is 11.6 Å². The summed E-state index contributed by atoms with van der Waals surface area (Å²) in [6, 6.07) is 11.0. The lowest BCUT2D eigenvalue weighted by Crippen LogP contribution is -2.02. The van der Waals surface area contributed by atoms with Crippen LogP contribution in [0.5, 0.6) is 11.6 Å². The van der Waals surface area contributed by atoms with Crippen LogP contribution in [0.25, 0.3) is 0 Å². The Morgan fingerprint density at radius 2 is 2.12 bits per heavy atom. The average Bonchev–Trinajstić information content (AvgIpc) is 2.29. The van der Waals surface area contributed by atoms with Crippen LogP contribution in [0, 0.1) is 6.92 Å². The fraction of sp³-hybridized carbons (Fsp3) is 0.154. The minimum absolute atomic E-state index is 0.392. The predicted octanol–water partition coefficient (Wildman–Crippen LogP) is 3.29. The third-order valence-corrected chi connectivity index (χ3v) is 2.54. The quantitative estimate of drug-likeness (QED) is 0.907. The summed E-state index contributed by atoms with van der Waals surface area (Å²) >= 11 is 5.89. The molecule has 88 valence electrons. The number of pyridine rings is 1. The zero-order valence-electron chi connectivity index (χ0n) is 9.48. The third-order valence-electron chi connectivity index (χ3n) is 2.31. The second kappa shape index (κ2) is 5.17. The molecule has 3 nitrogen and oxygen atoms in total. The number of benzene rings is 1. The van der Waals surface area contributed by atoms with Gasteiger partial charge in [0.05, 0.1) is 0 Å². The van der Waals surface area contributed by atoms with E-state index in [1.807, 2.05) is 31.2 Å². The number of aromatic nitrogens is 1. The van der Waals surface area contributed by atoms with E-state index >= 15 is 0 Å². The van der Waals surface area contributed by atoms with Crippen LogP contribution in [0.15, 0.2) is 36.4 Å². The lowest BCUT2D eigenvalue weighted by Gasteiger charge is -2.09. The maximum Gasteiger partial charge on any atom is 0.223 e. The van der Waals surface area contributed by atoms with Gasteiger partial charge in [0.15, 0.2) is 0 Å². The number of aryl methyl sites for hydroxylation is 1. The number of halogens is 1. The van der Waals surface area contributed by atoms with Crippen molar-refractivity contribution < 1.29 is 4.74 Å². The van der Waals surface area contributed by atoms with Gasteiger partial charge in [-0.3, -0.25) is 0 Å². The van der Waals surface area contributed by atoms with E-state index in [4.69, 9.17) is 22.1 Å². The molecule has 0 saturated carbocycles. The highest BCUT2D eigenvalue weighted by atomic mass is 35.5. The molecule has 1 aromatic carbocycles. The minimum Gasteiger partial charge on any atom is -0.439 e. The molecular weight excluding hydrogens is 236 g/mol. The lowest BCUT2D eigenvalue weighted by atomic mass is 10.2. The van der Waals surface area contributed by atoms with Gasteiger partial charge in [0.25, 0.3) is 0 Å². The highest BCUT2D eigenvalue weighted by Crippen LogP contribution is 2.25. The van der Waals surface area contributed by atoms with Crippen LogP contribution in [0.2, 0.25) is 5.02 Å². The fourth-order valence-electron chi connectivity index (χ4n) is 1.45. The molecule has 1 aromatic heterocycles. The maximum absolute atomic E-state index is 5.89. The number of nitrogens with two attached hydrogens (primary N) is 1. The summed E-state index contributed by atoms with van der Waals surface area (Å²) in [7, 11) is 0. The summed E-state index contributed by atoms with van der Waals surface area (Å²) < 4.78 is 5.69. The monoisotopic (exact) mass is 248 g/mol. The van der Waals surface area contributed by atoms with Crippen molar-refractivity contribution in [1.29, 1.82) is 0 Å². The summed E-state index contributed by atoms with van der Waals surface area (Å²) in [6.07, 6.45) is 0. The molecule has 2 aromatic rings. The van der Waals surface area contributed by atoms with Gasteiger partial charge >= 0.3 is 0 Å². The molecule has 4 heteroatoms. The highest BCUT2D eigenvalue weighted by molar-refractivity contribution is 6.30. The van der Waals surface area contributed by atoms with Crippen LogP contribution in [0.3, 0.4) is 0 Å². The Morgan fingerprint density at radius 1 is 1.29 bits per heavy atom. The molecule has 0 radical (unpaired) electrons. The Labute approximate surface area is 105 Å². The molecular formula is C13H13ClN2O. The van der Waals surface area contributed by atoms with E-state index in [0.717, 1.165) is 11.3 Å². The van der Waals surface area contributed by atoms with Crippen molar-refractivity contribution in [1.82, 2.24) is 4.98 Å². The molecule has 0 aliphatic carbocycles. The van der Waals surface area contributed by atoms with Crippen molar-refractivity contribution in [3.63, 3.8) is 0 Å². The van der Waals surface area contributed by atoms with Gasteiger partial charge in [-0.15, -0.1) is 0 Å². The maximum atomic E-state index is 5.89. The standard InChI is InChI=1S/C13H13ClN2O/c1-9-5-6-10(8-15)13(16-9)17-12-4-2-3-11(14)7-12/h2-7H,8,15H2,1H3. The second-order valence-corrected chi connectivity index (χ2v) is 4.12. The van der Waals surface area contributed by atoms with E-state index in [1.165, 1.54) is 0 Å². The van der Waals surface area contributed by atoms with Crippen molar-refractivity contribution >= 4 is 11.6 Å². The minimum atomic E-state index is 0.392. The fourth-order valence-corrected chi connectivity index (χ4v) is 1.63.